The van der Waals surface area contributed by atoms with Gasteiger partial charge in [-0.15, -0.1) is 0 Å². The molecule has 2 amide bonds. The number of nitrogens with zero attached hydrogens (tertiary/aromatic N) is 1. The Bertz CT molecular complexity index is 315. The smallest absolute Gasteiger partial charge is 0.247 e. The highest BCUT2D eigenvalue weighted by Crippen LogP contribution is 2.18. The summed E-state index contributed by atoms with van der Waals surface area (Å²) in [6, 6.07) is 0. The summed E-state index contributed by atoms with van der Waals surface area (Å²) in [6.07, 6.45) is 1.57. The summed E-state index contributed by atoms with van der Waals surface area (Å²) in [7, 11) is 0. The highest BCUT2D eigenvalue weighted by molar-refractivity contribution is 5.96. The molecular weight excluding hydrogens is 192 g/mol. The van der Waals surface area contributed by atoms with Crippen LogP contribution in [0.3, 0.4) is 0 Å². The molecule has 0 atom stereocenters. The quantitative estimate of drug-likeness (QED) is 0.647. The van der Waals surface area contributed by atoms with Crippen molar-refractivity contribution in [1.82, 2.24) is 10.2 Å². The Hall–Kier alpha value is -1.32. The van der Waals surface area contributed by atoms with Gasteiger partial charge in [-0.1, -0.05) is 5.57 Å². The maximum absolute atomic E-state index is 11.8. The minimum absolute atomic E-state index is 0.0881. The fraction of sp³-hybridized carbons (Fsp3) is 0.636. The van der Waals surface area contributed by atoms with E-state index in [9.17, 15) is 9.59 Å². The van der Waals surface area contributed by atoms with Crippen LogP contribution in [0.1, 0.15) is 27.7 Å². The Morgan fingerprint density at radius 2 is 2.07 bits per heavy atom. The molecule has 0 spiro atoms. The number of carbonyl (C=O) groups excluding carboxylic acids is 2. The lowest BCUT2D eigenvalue weighted by atomic mass is 9.98. The fourth-order valence-electron chi connectivity index (χ4n) is 1.61. The third-order valence-corrected chi connectivity index (χ3v) is 2.53. The predicted molar refractivity (Wildman–Crippen MR) is 58.2 cm³/mol. The van der Waals surface area contributed by atoms with Gasteiger partial charge >= 0.3 is 0 Å². The van der Waals surface area contributed by atoms with Crippen molar-refractivity contribution in [3.8, 4) is 0 Å². The third-order valence-electron chi connectivity index (χ3n) is 2.53. The molecule has 0 radical (unpaired) electrons. The first-order valence-corrected chi connectivity index (χ1v) is 5.10. The van der Waals surface area contributed by atoms with E-state index in [1.807, 2.05) is 13.8 Å². The van der Waals surface area contributed by atoms with Crippen LogP contribution in [0.5, 0.6) is 0 Å². The molecule has 84 valence electrons. The van der Waals surface area contributed by atoms with E-state index in [2.05, 4.69) is 5.32 Å². The lowest BCUT2D eigenvalue weighted by Crippen LogP contribution is -2.63. The minimum Gasteiger partial charge on any atom is -0.352 e. The normalized spacial score (nSPS) is 19.5. The van der Waals surface area contributed by atoms with Gasteiger partial charge in [0.1, 0.15) is 5.54 Å². The van der Waals surface area contributed by atoms with Crippen molar-refractivity contribution in [2.45, 2.75) is 33.2 Å². The number of piperazine rings is 1. The van der Waals surface area contributed by atoms with E-state index < -0.39 is 5.54 Å². The van der Waals surface area contributed by atoms with Crippen LogP contribution in [-0.4, -0.2) is 35.3 Å². The molecule has 1 rings (SSSR count). The molecule has 0 unspecified atom stereocenters. The van der Waals surface area contributed by atoms with E-state index >= 15 is 0 Å². The first-order valence-electron chi connectivity index (χ1n) is 5.10. The summed E-state index contributed by atoms with van der Waals surface area (Å²) in [6.45, 7) is 8.37. The largest absolute Gasteiger partial charge is 0.352 e. The van der Waals surface area contributed by atoms with Crippen LogP contribution in [0.25, 0.3) is 0 Å². The van der Waals surface area contributed by atoms with Crippen LogP contribution >= 0.6 is 0 Å². The summed E-state index contributed by atoms with van der Waals surface area (Å²) >= 11 is 0. The van der Waals surface area contributed by atoms with Crippen molar-refractivity contribution >= 4 is 11.8 Å². The molecular formula is C11H18N2O2. The van der Waals surface area contributed by atoms with E-state index in [1.165, 1.54) is 0 Å². The van der Waals surface area contributed by atoms with E-state index in [1.54, 1.807) is 24.8 Å². The summed E-state index contributed by atoms with van der Waals surface area (Å²) < 4.78 is 0. The van der Waals surface area contributed by atoms with Crippen molar-refractivity contribution in [1.29, 1.82) is 0 Å². The number of allylic oxidation sites excluding steroid dienone is 1. The predicted octanol–water partition coefficient (Wildman–Crippen LogP) is 0.690. The maximum atomic E-state index is 11.8. The topological polar surface area (TPSA) is 49.4 Å². The summed E-state index contributed by atoms with van der Waals surface area (Å²) in [5.41, 5.74) is 0.197. The fourth-order valence-corrected chi connectivity index (χ4v) is 1.61. The van der Waals surface area contributed by atoms with Crippen LogP contribution in [-0.2, 0) is 9.59 Å². The highest BCUT2D eigenvalue weighted by Gasteiger charge is 2.39. The molecule has 15 heavy (non-hydrogen) atoms. The van der Waals surface area contributed by atoms with Crippen molar-refractivity contribution in [2.24, 2.45) is 0 Å². The molecule has 1 heterocycles. The Morgan fingerprint density at radius 3 is 2.60 bits per heavy atom. The van der Waals surface area contributed by atoms with Gasteiger partial charge in [-0.25, -0.2) is 0 Å². The van der Waals surface area contributed by atoms with Crippen LogP contribution in [0, 0.1) is 0 Å². The van der Waals surface area contributed by atoms with Crippen LogP contribution in [0.15, 0.2) is 11.6 Å². The first kappa shape index (κ1) is 11.8. The SMILES string of the molecule is CC(C)=CC(=O)N1CCNC(=O)C1(C)C. The third kappa shape index (κ3) is 2.37. The van der Waals surface area contributed by atoms with Crippen molar-refractivity contribution in [3.05, 3.63) is 11.6 Å². The minimum atomic E-state index is -0.749. The second kappa shape index (κ2) is 4.04. The molecule has 0 aromatic rings. The standard InChI is InChI=1S/C11H18N2O2/c1-8(2)7-9(14)13-6-5-12-10(15)11(13,3)4/h7H,5-6H2,1-4H3,(H,12,15). The molecule has 1 aliphatic rings. The number of hydrogen-bond donors (Lipinski definition) is 1. The van der Waals surface area contributed by atoms with Gasteiger partial charge in [-0.3, -0.25) is 9.59 Å². The lowest BCUT2D eigenvalue weighted by molar-refractivity contribution is -0.146. The number of carbonyl (C=O) groups is 2. The van der Waals surface area contributed by atoms with E-state index in [4.69, 9.17) is 0 Å². The second-order valence-corrected chi connectivity index (χ2v) is 4.53. The second-order valence-electron chi connectivity index (χ2n) is 4.53. The molecule has 0 saturated carbocycles. The van der Waals surface area contributed by atoms with Gasteiger partial charge in [0.15, 0.2) is 0 Å². The molecule has 1 aliphatic heterocycles. The molecule has 1 saturated heterocycles. The van der Waals surface area contributed by atoms with Crippen LogP contribution in [0.4, 0.5) is 0 Å². The van der Waals surface area contributed by atoms with Crippen LogP contribution in [0.2, 0.25) is 0 Å². The van der Waals surface area contributed by atoms with Crippen molar-refractivity contribution in [2.75, 3.05) is 13.1 Å². The summed E-state index contributed by atoms with van der Waals surface area (Å²) in [4.78, 5) is 25.0. The number of rotatable bonds is 1. The van der Waals surface area contributed by atoms with Crippen LogP contribution < -0.4 is 5.32 Å². The Kier molecular flexibility index (Phi) is 3.17. The molecule has 1 N–H and O–H groups in total. The zero-order chi connectivity index (χ0) is 11.6. The van der Waals surface area contributed by atoms with Crippen molar-refractivity contribution in [3.63, 3.8) is 0 Å². The molecule has 4 nitrogen and oxygen atoms in total. The Morgan fingerprint density at radius 1 is 1.47 bits per heavy atom. The Labute approximate surface area is 90.3 Å². The van der Waals surface area contributed by atoms with E-state index in [-0.39, 0.29) is 11.8 Å². The average molecular weight is 210 g/mol. The van der Waals surface area contributed by atoms with Gasteiger partial charge in [0.05, 0.1) is 0 Å². The molecule has 0 aromatic carbocycles. The van der Waals surface area contributed by atoms with Gasteiger partial charge in [-0.05, 0) is 27.7 Å². The molecule has 1 fully saturated rings. The first-order chi connectivity index (χ1) is 6.85. The average Bonchev–Trinajstić information content (AvgIpc) is 2.08. The van der Waals surface area contributed by atoms with Gasteiger partial charge < -0.3 is 10.2 Å². The maximum Gasteiger partial charge on any atom is 0.247 e. The van der Waals surface area contributed by atoms with Gasteiger partial charge in [0.2, 0.25) is 11.8 Å². The molecule has 0 bridgehead atoms. The zero-order valence-electron chi connectivity index (χ0n) is 9.76. The van der Waals surface area contributed by atoms with Gasteiger partial charge in [-0.2, -0.15) is 0 Å². The molecule has 4 heteroatoms. The van der Waals surface area contributed by atoms with E-state index in [0.29, 0.717) is 13.1 Å². The summed E-state index contributed by atoms with van der Waals surface area (Å²) in [5, 5.41) is 2.76. The Balaban J connectivity index is 2.89. The van der Waals surface area contributed by atoms with Gasteiger partial charge in [0, 0.05) is 19.2 Å². The number of amides is 2. The summed E-state index contributed by atoms with van der Waals surface area (Å²) in [5.74, 6) is -0.181. The van der Waals surface area contributed by atoms with E-state index in [0.717, 1.165) is 5.57 Å². The monoisotopic (exact) mass is 210 g/mol. The number of hydrogen-bond acceptors (Lipinski definition) is 2. The highest BCUT2D eigenvalue weighted by atomic mass is 16.2. The number of nitrogens with one attached hydrogen (secondary N) is 1. The zero-order valence-corrected chi connectivity index (χ0v) is 9.76. The van der Waals surface area contributed by atoms with Crippen molar-refractivity contribution < 1.29 is 9.59 Å². The van der Waals surface area contributed by atoms with Gasteiger partial charge in [0.25, 0.3) is 0 Å². The lowest BCUT2D eigenvalue weighted by Gasteiger charge is -2.40. The molecule has 0 aliphatic carbocycles. The molecule has 0 aromatic heterocycles.